The largest absolute Gasteiger partial charge is 0.469 e. The Morgan fingerprint density at radius 2 is 2.05 bits per heavy atom. The van der Waals surface area contributed by atoms with Crippen molar-refractivity contribution in [2.75, 3.05) is 19.9 Å². The van der Waals surface area contributed by atoms with E-state index in [1.807, 2.05) is 0 Å². The molecule has 0 aliphatic carbocycles. The number of hydrogen-bond acceptors (Lipinski definition) is 4. The van der Waals surface area contributed by atoms with Crippen LogP contribution in [0.1, 0.15) is 32.1 Å². The van der Waals surface area contributed by atoms with Crippen molar-refractivity contribution in [2.45, 2.75) is 49.2 Å². The van der Waals surface area contributed by atoms with E-state index in [2.05, 4.69) is 0 Å². The zero-order chi connectivity index (χ0) is 15.0. The molecule has 2 saturated heterocycles. The minimum Gasteiger partial charge on any atom is -0.469 e. The second-order valence-corrected chi connectivity index (χ2v) is 6.51. The van der Waals surface area contributed by atoms with Crippen molar-refractivity contribution in [3.8, 4) is 0 Å². The minimum atomic E-state index is -4.35. The van der Waals surface area contributed by atoms with Crippen molar-refractivity contribution < 1.29 is 22.7 Å². The molecule has 2 fully saturated rings. The molecule has 3 nitrogen and oxygen atoms in total. The summed E-state index contributed by atoms with van der Waals surface area (Å²) in [5.41, 5.74) is 0. The predicted molar refractivity (Wildman–Crippen MR) is 71.4 cm³/mol. The van der Waals surface area contributed by atoms with E-state index in [9.17, 15) is 18.0 Å². The van der Waals surface area contributed by atoms with E-state index < -0.39 is 22.9 Å². The molecule has 0 unspecified atom stereocenters. The average molecular weight is 311 g/mol. The fourth-order valence-electron chi connectivity index (χ4n) is 3.54. The third-order valence-corrected chi connectivity index (χ3v) is 5.82. The Bertz CT molecular complexity index is 377. The molecule has 0 spiro atoms. The summed E-state index contributed by atoms with van der Waals surface area (Å²) in [4.78, 5) is 11.5. The van der Waals surface area contributed by atoms with Crippen LogP contribution in [0.4, 0.5) is 13.2 Å². The molecule has 0 radical (unpaired) electrons. The number of fused-ring (bicyclic) bond motifs is 1. The third-order valence-electron chi connectivity index (χ3n) is 4.51. The van der Waals surface area contributed by atoms with Gasteiger partial charge in [-0.3, -0.25) is 9.69 Å². The van der Waals surface area contributed by atoms with E-state index in [0.29, 0.717) is 13.0 Å². The van der Waals surface area contributed by atoms with Crippen LogP contribution in [0.3, 0.4) is 0 Å². The number of carbonyl (C=O) groups is 1. The Morgan fingerprint density at radius 1 is 1.35 bits per heavy atom. The van der Waals surface area contributed by atoms with Crippen LogP contribution in [0.15, 0.2) is 0 Å². The summed E-state index contributed by atoms with van der Waals surface area (Å²) < 4.78 is 45.7. The van der Waals surface area contributed by atoms with Crippen molar-refractivity contribution >= 4 is 17.7 Å². The maximum absolute atomic E-state index is 13.6. The predicted octanol–water partition coefficient (Wildman–Crippen LogP) is 3.05. The van der Waals surface area contributed by atoms with Crippen molar-refractivity contribution in [1.82, 2.24) is 4.90 Å². The first-order valence-corrected chi connectivity index (χ1v) is 8.06. The summed E-state index contributed by atoms with van der Waals surface area (Å²) in [6.45, 7) is 0.401. The summed E-state index contributed by atoms with van der Waals surface area (Å²) in [7, 11) is 1.25. The standard InChI is InChI=1S/C13H20F3NO2S/c1-19-11(18)9-8-12(20-2,13(14,15)16)17-7-5-3-4-6-10(9)17/h9-10H,3-8H2,1-2H3/t9-,10-,12+/m1/s1. The van der Waals surface area contributed by atoms with Gasteiger partial charge in [0.2, 0.25) is 0 Å². The molecule has 2 aliphatic rings. The number of ether oxygens (including phenoxy) is 1. The molecular weight excluding hydrogens is 291 g/mol. The van der Waals surface area contributed by atoms with Crippen molar-refractivity contribution in [2.24, 2.45) is 5.92 Å². The minimum absolute atomic E-state index is 0.199. The normalized spacial score (nSPS) is 35.5. The van der Waals surface area contributed by atoms with Gasteiger partial charge in [-0.05, 0) is 25.5 Å². The maximum Gasteiger partial charge on any atom is 0.416 e. The van der Waals surface area contributed by atoms with Crippen LogP contribution in [0, 0.1) is 5.92 Å². The van der Waals surface area contributed by atoms with Crippen LogP contribution >= 0.6 is 11.8 Å². The molecule has 0 N–H and O–H groups in total. The lowest BCUT2D eigenvalue weighted by atomic mass is 9.95. The molecular formula is C13H20F3NO2S. The molecule has 0 aromatic heterocycles. The lowest BCUT2D eigenvalue weighted by Gasteiger charge is -2.40. The van der Waals surface area contributed by atoms with E-state index in [1.165, 1.54) is 18.3 Å². The Labute approximate surface area is 121 Å². The highest BCUT2D eigenvalue weighted by atomic mass is 32.2. The smallest absolute Gasteiger partial charge is 0.416 e. The number of esters is 1. The fraction of sp³-hybridized carbons (Fsp3) is 0.923. The number of carbonyl (C=O) groups excluding carboxylic acids is 1. The summed E-state index contributed by atoms with van der Waals surface area (Å²) in [6, 6.07) is -0.348. The van der Waals surface area contributed by atoms with Gasteiger partial charge in [0, 0.05) is 12.6 Å². The summed E-state index contributed by atoms with van der Waals surface area (Å²) in [5, 5.41) is 0. The maximum atomic E-state index is 13.6. The second-order valence-electron chi connectivity index (χ2n) is 5.43. The van der Waals surface area contributed by atoms with Gasteiger partial charge < -0.3 is 4.74 Å². The van der Waals surface area contributed by atoms with Gasteiger partial charge in [0.15, 0.2) is 4.87 Å². The zero-order valence-electron chi connectivity index (χ0n) is 11.7. The summed E-state index contributed by atoms with van der Waals surface area (Å²) >= 11 is 0.807. The lowest BCUT2D eigenvalue weighted by molar-refractivity contribution is -0.192. The first kappa shape index (κ1) is 15.9. The highest BCUT2D eigenvalue weighted by Crippen LogP contribution is 2.55. The SMILES string of the molecule is COC(=O)[C@@H]1C[C@](SC)(C(F)(F)F)N2CCCCC[C@H]12. The van der Waals surface area contributed by atoms with Crippen LogP contribution in [0.5, 0.6) is 0 Å². The summed E-state index contributed by atoms with van der Waals surface area (Å²) in [6.07, 6.45) is 0.114. The summed E-state index contributed by atoms with van der Waals surface area (Å²) in [5.74, 6) is -1.19. The molecule has 0 aromatic carbocycles. The van der Waals surface area contributed by atoms with E-state index in [1.54, 1.807) is 0 Å². The average Bonchev–Trinajstić information content (AvgIpc) is 2.56. The monoisotopic (exact) mass is 311 g/mol. The van der Waals surface area contributed by atoms with E-state index in [0.717, 1.165) is 31.0 Å². The van der Waals surface area contributed by atoms with E-state index >= 15 is 0 Å². The van der Waals surface area contributed by atoms with E-state index in [-0.39, 0.29) is 12.5 Å². The van der Waals surface area contributed by atoms with Gasteiger partial charge in [0.1, 0.15) is 0 Å². The highest BCUT2D eigenvalue weighted by molar-refractivity contribution is 8.00. The molecule has 7 heteroatoms. The van der Waals surface area contributed by atoms with Gasteiger partial charge in [-0.15, -0.1) is 11.8 Å². The Morgan fingerprint density at radius 3 is 2.60 bits per heavy atom. The van der Waals surface area contributed by atoms with Crippen molar-refractivity contribution in [1.29, 1.82) is 0 Å². The van der Waals surface area contributed by atoms with Gasteiger partial charge in [0.05, 0.1) is 13.0 Å². The van der Waals surface area contributed by atoms with E-state index in [4.69, 9.17) is 4.74 Å². The highest BCUT2D eigenvalue weighted by Gasteiger charge is 2.66. The molecule has 0 bridgehead atoms. The van der Waals surface area contributed by atoms with Gasteiger partial charge in [0.25, 0.3) is 0 Å². The van der Waals surface area contributed by atoms with Crippen LogP contribution in [0.2, 0.25) is 0 Å². The molecule has 0 saturated carbocycles. The van der Waals surface area contributed by atoms with Crippen LogP contribution in [0.25, 0.3) is 0 Å². The molecule has 2 rings (SSSR count). The molecule has 0 amide bonds. The molecule has 2 heterocycles. The van der Waals surface area contributed by atoms with Crippen LogP contribution in [-0.4, -0.2) is 47.9 Å². The first-order chi connectivity index (χ1) is 9.37. The first-order valence-electron chi connectivity index (χ1n) is 6.84. The number of nitrogens with zero attached hydrogens (tertiary/aromatic N) is 1. The second kappa shape index (κ2) is 5.75. The molecule has 0 aromatic rings. The van der Waals surface area contributed by atoms with Gasteiger partial charge in [-0.25, -0.2) is 0 Å². The molecule has 2 aliphatic heterocycles. The molecule has 3 atom stereocenters. The van der Waals surface area contributed by atoms with Crippen LogP contribution < -0.4 is 0 Å². The fourth-order valence-corrected chi connectivity index (χ4v) is 4.58. The number of thioether (sulfide) groups is 1. The van der Waals surface area contributed by atoms with Crippen molar-refractivity contribution in [3.63, 3.8) is 0 Å². The zero-order valence-corrected chi connectivity index (χ0v) is 12.5. The number of rotatable bonds is 2. The molecule has 116 valence electrons. The Kier molecular flexibility index (Phi) is 4.59. The van der Waals surface area contributed by atoms with Gasteiger partial charge in [-0.2, -0.15) is 13.2 Å². The lowest BCUT2D eigenvalue weighted by Crippen LogP contribution is -2.54. The Balaban J connectivity index is 2.40. The number of hydrogen-bond donors (Lipinski definition) is 0. The molecule has 20 heavy (non-hydrogen) atoms. The topological polar surface area (TPSA) is 29.5 Å². The van der Waals surface area contributed by atoms with Gasteiger partial charge >= 0.3 is 12.1 Å². The quantitative estimate of drug-likeness (QED) is 0.733. The van der Waals surface area contributed by atoms with Crippen LogP contribution in [-0.2, 0) is 9.53 Å². The number of methoxy groups -OCH3 is 1. The number of halogens is 3. The van der Waals surface area contributed by atoms with Crippen molar-refractivity contribution in [3.05, 3.63) is 0 Å². The Hall–Kier alpha value is -0.430. The third kappa shape index (κ3) is 2.43. The number of alkyl halides is 3. The van der Waals surface area contributed by atoms with Gasteiger partial charge in [-0.1, -0.05) is 12.8 Å².